The minimum Gasteiger partial charge on any atom is -0.507 e. The molecule has 0 aromatic heterocycles. The van der Waals surface area contributed by atoms with Gasteiger partial charge in [0.05, 0.1) is 34.1 Å². The van der Waals surface area contributed by atoms with Gasteiger partial charge in [0.15, 0.2) is 12.2 Å². The van der Waals surface area contributed by atoms with Gasteiger partial charge in [0.1, 0.15) is 27.2 Å². The van der Waals surface area contributed by atoms with E-state index in [-0.39, 0.29) is 29.2 Å². The molecule has 0 spiro atoms. The molecule has 11 nitrogen and oxygen atoms in total. The number of anilines is 2. The molecular weight excluding hydrogens is 1010 g/mol. The topological polar surface area (TPSA) is 167 Å². The zero-order valence-corrected chi connectivity index (χ0v) is 35.1. The smallest absolute Gasteiger partial charge is 0.259 e. The van der Waals surface area contributed by atoms with Crippen LogP contribution in [0.5, 0.6) is 17.2 Å². The molecule has 2 amide bonds. The molecule has 1 heterocycles. The summed E-state index contributed by atoms with van der Waals surface area (Å²) in [5, 5.41) is 29.4. The number of phenolic OH excluding ortho intramolecular Hbond substituents is 1. The fourth-order valence-corrected chi connectivity index (χ4v) is 5.53. The number of amidine groups is 1. The number of aliphatic hydroxyl groups is 1. The lowest BCUT2D eigenvalue weighted by Gasteiger charge is -2.34. The minimum atomic E-state index is -1.71. The summed E-state index contributed by atoms with van der Waals surface area (Å²) in [7, 11) is -1.00. The number of nitrogens with two attached hydrogens (primary N) is 1. The van der Waals surface area contributed by atoms with Crippen molar-refractivity contribution in [1.29, 1.82) is 5.41 Å². The number of para-hydroxylation sites is 4. The predicted molar refractivity (Wildman–Crippen MR) is 228 cm³/mol. The van der Waals surface area contributed by atoms with E-state index in [1.54, 1.807) is 60.7 Å². The lowest BCUT2D eigenvalue weighted by molar-refractivity contribution is -0.150. The monoisotopic (exact) mass is 1060 g/mol. The summed E-state index contributed by atoms with van der Waals surface area (Å²) in [6.45, 7) is 6.36. The molecule has 1 unspecified atom stereocenters. The minimum absolute atomic E-state index is 0.0968. The Labute approximate surface area is 345 Å². The number of benzene rings is 4. The van der Waals surface area contributed by atoms with Crippen LogP contribution in [0, 0.1) is 12.5 Å². The fourth-order valence-electron chi connectivity index (χ4n) is 4.36. The molecule has 52 heavy (non-hydrogen) atoms. The first kappa shape index (κ1) is 43.1. The quantitative estimate of drug-likeness (QED) is 0.0497. The Kier molecular flexibility index (Phi) is 19.4. The SMILES string of the molecule is CC(C)Oc1ccccc1I.CC(I)Oc1ccccc1N1CCO[C@H]([C@@H](O)C(=O)Nc2ccc(C(=N)N)cc2)C1=O.Oc1ccccc1I.[2H]CF. The summed E-state index contributed by atoms with van der Waals surface area (Å²) >= 11 is 6.46. The summed E-state index contributed by atoms with van der Waals surface area (Å²) in [5.74, 6) is 0.457. The third-order valence-electron chi connectivity index (χ3n) is 6.64. The van der Waals surface area contributed by atoms with Gasteiger partial charge in [-0.05, 0) is 149 Å². The molecule has 4 aromatic carbocycles. The molecule has 1 aliphatic heterocycles. The molecule has 0 saturated carbocycles. The highest BCUT2D eigenvalue weighted by atomic mass is 127. The highest BCUT2D eigenvalue weighted by molar-refractivity contribution is 14.1. The number of nitrogens with one attached hydrogen (secondary N) is 2. The Hall–Kier alpha value is -3.27. The van der Waals surface area contributed by atoms with E-state index in [9.17, 15) is 19.1 Å². The molecule has 0 bridgehead atoms. The van der Waals surface area contributed by atoms with Gasteiger partial charge in [0.25, 0.3) is 11.8 Å². The van der Waals surface area contributed by atoms with E-state index in [4.69, 9.17) is 31.8 Å². The molecule has 0 aliphatic carbocycles. The molecule has 1 aliphatic rings. The Balaban J connectivity index is 0.000000356. The van der Waals surface area contributed by atoms with Gasteiger partial charge >= 0.3 is 0 Å². The van der Waals surface area contributed by atoms with Crippen molar-refractivity contribution >= 4 is 96.8 Å². The Morgan fingerprint density at radius 2 is 1.54 bits per heavy atom. The molecule has 280 valence electrons. The number of nitrogens with zero attached hydrogens (tertiary/aromatic N) is 1. The van der Waals surface area contributed by atoms with Crippen LogP contribution in [0.25, 0.3) is 0 Å². The number of aromatic hydroxyl groups is 1. The second-order valence-corrected chi connectivity index (χ2v) is 15.0. The second kappa shape index (κ2) is 23.4. The summed E-state index contributed by atoms with van der Waals surface area (Å²) < 4.78 is 34.2. The number of morpholine rings is 1. The van der Waals surface area contributed by atoms with E-state index >= 15 is 0 Å². The first-order valence-electron chi connectivity index (χ1n) is 16.4. The van der Waals surface area contributed by atoms with Crippen LogP contribution in [-0.2, 0) is 14.3 Å². The lowest BCUT2D eigenvalue weighted by atomic mass is 10.1. The number of amides is 2. The Morgan fingerprint density at radius 3 is 2.06 bits per heavy atom. The Bertz CT molecular complexity index is 1730. The van der Waals surface area contributed by atoms with Crippen LogP contribution in [-0.4, -0.2) is 70.6 Å². The van der Waals surface area contributed by atoms with Gasteiger partial charge in [0.2, 0.25) is 0 Å². The van der Waals surface area contributed by atoms with Crippen LogP contribution in [0.4, 0.5) is 15.8 Å². The van der Waals surface area contributed by atoms with E-state index in [1.165, 1.54) is 8.47 Å². The second-order valence-electron chi connectivity index (χ2n) is 10.9. The number of phenols is 1. The zero-order valence-electron chi connectivity index (χ0n) is 29.6. The van der Waals surface area contributed by atoms with Gasteiger partial charge in [-0.25, -0.2) is 0 Å². The molecule has 3 atom stereocenters. The van der Waals surface area contributed by atoms with Crippen LogP contribution in [0.3, 0.4) is 0 Å². The maximum absolute atomic E-state index is 13.0. The zero-order chi connectivity index (χ0) is 39.5. The highest BCUT2D eigenvalue weighted by Crippen LogP contribution is 2.32. The van der Waals surface area contributed by atoms with Gasteiger partial charge in [-0.3, -0.25) is 19.4 Å². The van der Waals surface area contributed by atoms with Crippen molar-refractivity contribution in [1.82, 2.24) is 0 Å². The number of carbonyl (C=O) groups is 2. The molecular formula is C37H42FI3N4O7. The average molecular weight is 1060 g/mol. The van der Waals surface area contributed by atoms with E-state index in [0.29, 0.717) is 28.4 Å². The number of alkyl halides is 2. The maximum Gasteiger partial charge on any atom is 0.259 e. The third kappa shape index (κ3) is 14.6. The molecule has 1 fully saturated rings. The molecule has 4 aromatic rings. The predicted octanol–water partition coefficient (Wildman–Crippen LogP) is 7.52. The van der Waals surface area contributed by atoms with Crippen LogP contribution in [0.2, 0.25) is 0 Å². The summed E-state index contributed by atoms with van der Waals surface area (Å²) in [6.07, 6.45) is -2.80. The molecule has 15 heteroatoms. The Morgan fingerprint density at radius 1 is 0.981 bits per heavy atom. The molecule has 1 saturated heterocycles. The van der Waals surface area contributed by atoms with Crippen LogP contribution < -0.4 is 25.4 Å². The van der Waals surface area contributed by atoms with Crippen molar-refractivity contribution in [3.05, 3.63) is 110 Å². The summed E-state index contributed by atoms with van der Waals surface area (Å²) in [5.41, 5.74) is 6.86. The normalized spacial score (nSPS) is 14.8. The standard InChI is InChI=1S/C21H23IN4O5.C9H11IO.C6H5IO.CH3F/c1-12(22)31-16-5-3-2-4-15(16)26-10-11-30-18(21(26)29)17(27)20(28)25-14-8-6-13(7-9-14)19(23)24;1-7(2)11-9-6-4-3-5-8(9)10;7-5-3-1-2-4-6(5)8;1-2/h2-9,12,17-18,27H,10-11H2,1H3,(H3,23,24)(H,25,28);3-7H,1-2H3;1-4,8H;1H3/t12?,17-,18-;;;/m1.../s1/i;;;1D. The maximum atomic E-state index is 13.0. The number of hydrogen-bond acceptors (Lipinski definition) is 8. The van der Waals surface area contributed by atoms with Gasteiger partial charge < -0.3 is 40.4 Å². The van der Waals surface area contributed by atoms with Gasteiger partial charge in [-0.15, -0.1) is 0 Å². The van der Waals surface area contributed by atoms with Gasteiger partial charge in [0, 0.05) is 17.8 Å². The number of aliphatic hydroxyl groups excluding tert-OH is 1. The number of ether oxygens (including phenoxy) is 3. The first-order chi connectivity index (χ1) is 25.2. The van der Waals surface area contributed by atoms with Crippen molar-refractivity contribution in [2.45, 2.75) is 43.2 Å². The lowest BCUT2D eigenvalue weighted by Crippen LogP contribution is -2.55. The van der Waals surface area contributed by atoms with Crippen molar-refractivity contribution < 1.29 is 39.8 Å². The number of rotatable bonds is 9. The number of hydrogen-bond donors (Lipinski definition) is 5. The van der Waals surface area contributed by atoms with Crippen LogP contribution in [0.15, 0.2) is 97.1 Å². The van der Waals surface area contributed by atoms with E-state index in [1.807, 2.05) is 57.2 Å². The van der Waals surface area contributed by atoms with Gasteiger partial charge in [-0.1, -0.05) is 36.4 Å². The van der Waals surface area contributed by atoms with E-state index < -0.39 is 31.2 Å². The van der Waals surface area contributed by atoms with E-state index in [2.05, 4.69) is 73.1 Å². The molecule has 6 N–H and O–H groups in total. The third-order valence-corrected chi connectivity index (χ3v) is 8.70. The number of carbonyl (C=O) groups excluding carboxylic acids is 2. The van der Waals surface area contributed by atoms with Crippen molar-refractivity contribution in [2.24, 2.45) is 5.73 Å². The molecule has 5 rings (SSSR count). The van der Waals surface area contributed by atoms with Crippen molar-refractivity contribution in [3.63, 3.8) is 0 Å². The summed E-state index contributed by atoms with van der Waals surface area (Å²) in [6, 6.07) is 28.6. The van der Waals surface area contributed by atoms with E-state index in [0.717, 1.165) is 9.32 Å². The largest absolute Gasteiger partial charge is 0.507 e. The number of nitrogen functional groups attached to an aromatic ring is 1. The highest BCUT2D eigenvalue weighted by Gasteiger charge is 2.40. The molecule has 0 radical (unpaired) electrons. The van der Waals surface area contributed by atoms with Gasteiger partial charge in [-0.2, -0.15) is 0 Å². The average Bonchev–Trinajstić information content (AvgIpc) is 3.11. The fraction of sp³-hybridized carbons (Fsp3) is 0.270. The number of halogens is 4. The first-order valence-corrected chi connectivity index (χ1v) is 19.1. The van der Waals surface area contributed by atoms with Crippen molar-refractivity contribution in [2.75, 3.05) is 30.5 Å². The van der Waals surface area contributed by atoms with Crippen LogP contribution in [0.1, 0.15) is 27.7 Å². The van der Waals surface area contributed by atoms with Crippen LogP contribution >= 0.6 is 67.8 Å². The van der Waals surface area contributed by atoms with Crippen molar-refractivity contribution in [3.8, 4) is 17.2 Å². The summed E-state index contributed by atoms with van der Waals surface area (Å²) in [4.78, 5) is 27.0.